The summed E-state index contributed by atoms with van der Waals surface area (Å²) in [4.78, 5) is 172. The van der Waals surface area contributed by atoms with Crippen LogP contribution in [0.3, 0.4) is 0 Å². The number of rotatable bonds is 24. The largest absolute Gasteiger partial charge is 0.497 e. The molecule has 91 heavy (non-hydrogen) atoms. The van der Waals surface area contributed by atoms with Crippen molar-refractivity contribution in [2.45, 2.75) is 188 Å². The molecule has 0 aromatic heterocycles. The number of carbonyl (C=O) groups excluding carboxylic acids is 11. The number of carbonyl (C=O) groups is 11. The summed E-state index contributed by atoms with van der Waals surface area (Å²) in [6, 6.07) is -6.41. The minimum absolute atomic E-state index is 0.00735. The van der Waals surface area contributed by atoms with Crippen molar-refractivity contribution in [3.8, 4) is 5.75 Å². The number of likely N-dealkylation sites (N-methyl/N-ethyl adjacent to an activating group) is 8. The number of ether oxygens (including phenoxy) is 5. The number of hydrogen-bond acceptors (Lipinski definition) is 17. The molecule has 1 fully saturated rings. The Labute approximate surface area is 540 Å². The fourth-order valence-corrected chi connectivity index (χ4v) is 11.3. The first-order valence-electron chi connectivity index (χ1n) is 31.4. The molecular weight excluding hydrogens is 1180 g/mol. The molecule has 0 bridgehead atoms. The minimum atomic E-state index is -1.79. The van der Waals surface area contributed by atoms with E-state index in [1.807, 2.05) is 48.5 Å². The molecule has 1 aliphatic rings. The molecule has 1 saturated heterocycles. The normalized spacial score (nSPS) is 23.3. The maximum Gasteiger partial charge on any atom is 0.328 e. The Kier molecular flexibility index (Phi) is 32.0. The lowest BCUT2D eigenvalue weighted by Crippen LogP contribution is -2.64. The molecular formula is C65H110N10O16. The number of cyclic esters (lactones) is 1. The molecule has 1 aromatic carbocycles. The second-order valence-electron chi connectivity index (χ2n) is 26.1. The Morgan fingerprint density at radius 1 is 0.626 bits per heavy atom. The Bertz CT molecular complexity index is 2630. The van der Waals surface area contributed by atoms with E-state index in [4.69, 9.17) is 23.7 Å². The third-order valence-electron chi connectivity index (χ3n) is 17.2. The summed E-state index contributed by atoms with van der Waals surface area (Å²) in [6.07, 6.45) is -2.49. The first kappa shape index (κ1) is 80.2. The van der Waals surface area contributed by atoms with Crippen LogP contribution in [-0.2, 0) is 78.1 Å². The topological polar surface area (TPSA) is 284 Å². The molecule has 1 aliphatic heterocycles. The van der Waals surface area contributed by atoms with E-state index >= 15 is 19.2 Å². The average molecular weight is 1290 g/mol. The summed E-state index contributed by atoms with van der Waals surface area (Å²) >= 11 is 0. The van der Waals surface area contributed by atoms with Gasteiger partial charge in [-0.2, -0.15) is 0 Å². The van der Waals surface area contributed by atoms with E-state index in [-0.39, 0.29) is 43.6 Å². The van der Waals surface area contributed by atoms with Gasteiger partial charge in [-0.1, -0.05) is 87.8 Å². The van der Waals surface area contributed by atoms with Crippen molar-refractivity contribution in [1.29, 1.82) is 0 Å². The molecule has 0 spiro atoms. The van der Waals surface area contributed by atoms with Crippen LogP contribution in [0.15, 0.2) is 24.3 Å². The highest BCUT2D eigenvalue weighted by atomic mass is 16.6. The second-order valence-corrected chi connectivity index (χ2v) is 26.1. The number of nitrogens with one attached hydrogen (secondary N) is 2. The van der Waals surface area contributed by atoms with Crippen molar-refractivity contribution >= 4 is 65.1 Å². The van der Waals surface area contributed by atoms with Gasteiger partial charge in [-0.3, -0.25) is 52.8 Å². The zero-order chi connectivity index (χ0) is 70.0. The average Bonchev–Trinajstić information content (AvgIpc) is 0.922. The van der Waals surface area contributed by atoms with Gasteiger partial charge in [0.05, 0.1) is 20.3 Å². The standard InChI is InChI=1S/C65H110N10O16/c1-26-40(10)52-56(77)66-41(11)57(78)70(17)47(31-36(2)3)55(76)67-46(33-44-27-29-45(89-25)30-28-44)58(79)69(16)42(12)64(85)90-43(13)53(62(83)72(19)50(35-88-24)61(82)74(52)21)75(22)59(80)48(32-37(4)5)71(18)60(81)49(34-87-23)73(20)63(84)54(39(8)9)91-65(86)51(38(6)7)68(14)15/h27-30,36-43,46-54H,26,31-35H2,1-25H3,(H,66,77)(H,67,76)/t40-,41-,42+,43+,46-,47-,48-,49-,50-,51-,52-,53-,54-/m0/s1. The number of benzene rings is 1. The first-order chi connectivity index (χ1) is 42.3. The van der Waals surface area contributed by atoms with Crippen LogP contribution in [0.4, 0.5) is 0 Å². The van der Waals surface area contributed by atoms with E-state index in [1.54, 1.807) is 64.0 Å². The van der Waals surface area contributed by atoms with Gasteiger partial charge in [-0.25, -0.2) is 4.79 Å². The number of esters is 2. The molecule has 1 aromatic rings. The molecule has 0 aliphatic carbocycles. The first-order valence-corrected chi connectivity index (χ1v) is 31.4. The van der Waals surface area contributed by atoms with Gasteiger partial charge in [-0.05, 0) is 95.0 Å². The van der Waals surface area contributed by atoms with Gasteiger partial charge in [0.1, 0.15) is 72.3 Å². The van der Waals surface area contributed by atoms with E-state index in [1.165, 1.54) is 101 Å². The van der Waals surface area contributed by atoms with Crippen molar-refractivity contribution < 1.29 is 76.4 Å². The van der Waals surface area contributed by atoms with Crippen LogP contribution in [0.1, 0.15) is 115 Å². The SMILES string of the molecule is CC[C@H](C)[C@H]1C(=O)N[C@@H](C)C(=O)N(C)[C@@H](CC(C)C)C(=O)N[C@@H](Cc2ccc(OC)cc2)C(=O)N(C)[C@H](C)C(=O)O[C@H](C)[C@H](N(C)C(=O)[C@H](CC(C)C)N(C)C(=O)[C@H](COC)N(C)C(=O)[C@@H](OC(=O)[C@H](C(C)C)N(C)C)C(C)C)C(=O)N(C)[C@@H](COC)C(=O)N1C. The molecule has 13 atom stereocenters. The number of amides is 9. The third-order valence-corrected chi connectivity index (χ3v) is 17.2. The van der Waals surface area contributed by atoms with Gasteiger partial charge >= 0.3 is 11.9 Å². The van der Waals surface area contributed by atoms with Gasteiger partial charge in [0.15, 0.2) is 6.10 Å². The summed E-state index contributed by atoms with van der Waals surface area (Å²) in [6.45, 7) is 21.4. The van der Waals surface area contributed by atoms with Crippen molar-refractivity contribution in [2.75, 3.05) is 98.0 Å². The van der Waals surface area contributed by atoms with Crippen LogP contribution in [0.5, 0.6) is 5.75 Å². The fourth-order valence-electron chi connectivity index (χ4n) is 11.3. The van der Waals surface area contributed by atoms with Crippen molar-refractivity contribution in [2.24, 2.45) is 29.6 Å². The van der Waals surface area contributed by atoms with Crippen molar-refractivity contribution in [3.63, 3.8) is 0 Å². The maximum atomic E-state index is 15.6. The highest BCUT2D eigenvalue weighted by Crippen LogP contribution is 2.25. The summed E-state index contributed by atoms with van der Waals surface area (Å²) in [5.41, 5.74) is 0.597. The number of methoxy groups -OCH3 is 3. The molecule has 26 nitrogen and oxygen atoms in total. The van der Waals surface area contributed by atoms with Gasteiger partial charge in [0, 0.05) is 70.0 Å². The molecule has 2 rings (SSSR count). The van der Waals surface area contributed by atoms with E-state index in [2.05, 4.69) is 10.6 Å². The predicted octanol–water partition coefficient (Wildman–Crippen LogP) is 2.57. The molecule has 2 N–H and O–H groups in total. The summed E-state index contributed by atoms with van der Waals surface area (Å²) in [5, 5.41) is 5.63. The lowest BCUT2D eigenvalue weighted by Gasteiger charge is -2.41. The minimum Gasteiger partial charge on any atom is -0.497 e. The maximum absolute atomic E-state index is 15.6. The van der Waals surface area contributed by atoms with Gasteiger partial charge in [0.25, 0.3) is 5.91 Å². The molecule has 516 valence electrons. The highest BCUT2D eigenvalue weighted by molar-refractivity contribution is 5.99. The van der Waals surface area contributed by atoms with Crippen LogP contribution >= 0.6 is 0 Å². The van der Waals surface area contributed by atoms with Crippen LogP contribution in [0, 0.1) is 29.6 Å². The van der Waals surface area contributed by atoms with Crippen LogP contribution in [0.25, 0.3) is 0 Å². The molecule has 9 amide bonds. The van der Waals surface area contributed by atoms with Crippen LogP contribution in [0.2, 0.25) is 0 Å². The summed E-state index contributed by atoms with van der Waals surface area (Å²) in [7, 11) is 17.0. The number of nitrogens with zero attached hydrogens (tertiary/aromatic N) is 8. The Morgan fingerprint density at radius 3 is 1.67 bits per heavy atom. The predicted molar refractivity (Wildman–Crippen MR) is 343 cm³/mol. The Balaban J connectivity index is 3.02. The molecule has 26 heteroatoms. The number of hydrogen-bond donors (Lipinski definition) is 2. The van der Waals surface area contributed by atoms with Gasteiger partial charge in [0.2, 0.25) is 47.3 Å². The highest BCUT2D eigenvalue weighted by Gasteiger charge is 2.47. The lowest BCUT2D eigenvalue weighted by molar-refractivity contribution is -0.171. The summed E-state index contributed by atoms with van der Waals surface area (Å²) < 4.78 is 28.5. The van der Waals surface area contributed by atoms with E-state index in [0.717, 1.165) is 24.5 Å². The van der Waals surface area contributed by atoms with Gasteiger partial charge in [-0.15, -0.1) is 0 Å². The lowest BCUT2D eigenvalue weighted by atomic mass is 9.95. The zero-order valence-corrected chi connectivity index (χ0v) is 59.0. The second kappa shape index (κ2) is 36.3. The molecule has 0 saturated carbocycles. The Hall–Kier alpha value is -6.93. The van der Waals surface area contributed by atoms with Gasteiger partial charge < -0.3 is 68.6 Å². The quantitative estimate of drug-likeness (QED) is 0.141. The van der Waals surface area contributed by atoms with E-state index < -0.39 is 156 Å². The van der Waals surface area contributed by atoms with Crippen molar-refractivity contribution in [3.05, 3.63) is 29.8 Å². The zero-order valence-electron chi connectivity index (χ0n) is 59.0. The molecule has 0 radical (unpaired) electrons. The smallest absolute Gasteiger partial charge is 0.328 e. The van der Waals surface area contributed by atoms with E-state index in [0.29, 0.717) is 17.7 Å². The molecule has 0 unspecified atom stereocenters. The summed E-state index contributed by atoms with van der Waals surface area (Å²) in [5.74, 6) is -9.68. The van der Waals surface area contributed by atoms with Crippen LogP contribution in [-0.4, -0.2) is 275 Å². The molecule has 1 heterocycles. The van der Waals surface area contributed by atoms with Crippen molar-refractivity contribution in [1.82, 2.24) is 49.8 Å². The fraction of sp³-hybridized carbons (Fsp3) is 0.738. The Morgan fingerprint density at radius 2 is 1.19 bits per heavy atom. The monoisotopic (exact) mass is 1290 g/mol. The van der Waals surface area contributed by atoms with E-state index in [9.17, 15) is 33.6 Å². The van der Waals surface area contributed by atoms with Crippen LogP contribution < -0.4 is 15.4 Å². The third kappa shape index (κ3) is 21.0.